The van der Waals surface area contributed by atoms with E-state index in [2.05, 4.69) is 34.1 Å². The van der Waals surface area contributed by atoms with Gasteiger partial charge in [-0.15, -0.1) is 0 Å². The lowest BCUT2D eigenvalue weighted by molar-refractivity contribution is -0.117. The summed E-state index contributed by atoms with van der Waals surface area (Å²) in [5.41, 5.74) is 1.92. The van der Waals surface area contributed by atoms with E-state index in [1.54, 1.807) is 30.5 Å². The summed E-state index contributed by atoms with van der Waals surface area (Å²) in [5, 5.41) is 9.61. The maximum Gasteiger partial charge on any atom is 0.260 e. The number of benzene rings is 2. The van der Waals surface area contributed by atoms with Crippen LogP contribution in [0.1, 0.15) is 5.56 Å². The third kappa shape index (κ3) is 7.25. The summed E-state index contributed by atoms with van der Waals surface area (Å²) in [6, 6.07) is 9.78. The summed E-state index contributed by atoms with van der Waals surface area (Å²) < 4.78 is 18.0. The monoisotopic (exact) mass is 678 g/mol. The number of nitrogens with zero attached hydrogens (tertiary/aromatic N) is 3. The molecule has 1 saturated heterocycles. The van der Waals surface area contributed by atoms with Gasteiger partial charge in [0.1, 0.15) is 17.1 Å². The molecule has 2 atom stereocenters. The minimum absolute atomic E-state index is 0.145. The Labute approximate surface area is 280 Å². The van der Waals surface area contributed by atoms with Crippen LogP contribution in [0, 0.1) is 0 Å². The molecule has 2 aromatic carbocycles. The largest absolute Gasteiger partial charge is 0.495 e. The Morgan fingerprint density at radius 1 is 1.02 bits per heavy atom. The molecule has 3 N–H and O–H groups in total. The number of aromatic nitrogens is 3. The molecular weight excluding hydrogens is 647 g/mol. The predicted octanol–water partition coefficient (Wildman–Crippen LogP) is 4.63. The van der Waals surface area contributed by atoms with Crippen LogP contribution in [0.4, 0.5) is 11.6 Å². The molecule has 0 aliphatic carbocycles. The van der Waals surface area contributed by atoms with Gasteiger partial charge in [-0.3, -0.25) is 19.0 Å². The van der Waals surface area contributed by atoms with E-state index in [0.29, 0.717) is 36.4 Å². The summed E-state index contributed by atoms with van der Waals surface area (Å²) >= 11 is 13.5. The maximum atomic E-state index is 14.3. The van der Waals surface area contributed by atoms with Gasteiger partial charge in [-0.1, -0.05) is 48.5 Å². The molecular formula is C33H32Cl2N6O6. The molecule has 0 unspecified atom stereocenters. The number of rotatable bonds is 12. The van der Waals surface area contributed by atoms with Crippen LogP contribution in [-0.4, -0.2) is 65.9 Å². The van der Waals surface area contributed by atoms with Gasteiger partial charge in [-0.2, -0.15) is 4.98 Å². The second-order valence-electron chi connectivity index (χ2n) is 10.5. The summed E-state index contributed by atoms with van der Waals surface area (Å²) in [6.45, 7) is 7.81. The molecule has 2 aromatic heterocycles. The first-order chi connectivity index (χ1) is 22.7. The summed E-state index contributed by atoms with van der Waals surface area (Å²) in [5.74, 6) is 0.168. The molecule has 47 heavy (non-hydrogen) atoms. The van der Waals surface area contributed by atoms with Crippen LogP contribution in [0.15, 0.2) is 72.7 Å². The first kappa shape index (κ1) is 33.5. The van der Waals surface area contributed by atoms with Gasteiger partial charge < -0.3 is 30.2 Å². The Morgan fingerprint density at radius 2 is 1.68 bits per heavy atom. The van der Waals surface area contributed by atoms with E-state index in [1.807, 2.05) is 12.1 Å². The fourth-order valence-corrected chi connectivity index (χ4v) is 5.88. The van der Waals surface area contributed by atoms with Gasteiger partial charge in [0, 0.05) is 35.4 Å². The summed E-state index contributed by atoms with van der Waals surface area (Å²) in [4.78, 5) is 47.2. The number of amides is 2. The van der Waals surface area contributed by atoms with Gasteiger partial charge in [0.2, 0.25) is 17.8 Å². The normalized spacial score (nSPS) is 15.6. The number of hydrogen-bond donors (Lipinski definition) is 3. The molecule has 0 saturated carbocycles. The fourth-order valence-electron chi connectivity index (χ4n) is 5.17. The zero-order valence-electron chi connectivity index (χ0n) is 25.6. The van der Waals surface area contributed by atoms with E-state index in [-0.39, 0.29) is 69.1 Å². The Hall–Kier alpha value is -4.91. The molecule has 14 heteroatoms. The number of fused-ring (bicyclic) bond motifs is 1. The highest BCUT2D eigenvalue weighted by Gasteiger charge is 2.30. The van der Waals surface area contributed by atoms with Crippen molar-refractivity contribution in [2.75, 3.05) is 38.1 Å². The maximum absolute atomic E-state index is 14.3. The Morgan fingerprint density at radius 3 is 2.32 bits per heavy atom. The number of methoxy groups -OCH3 is 2. The van der Waals surface area contributed by atoms with Crippen molar-refractivity contribution in [1.29, 1.82) is 0 Å². The number of pyridine rings is 1. The molecule has 5 rings (SSSR count). The predicted molar refractivity (Wildman–Crippen MR) is 182 cm³/mol. The van der Waals surface area contributed by atoms with E-state index in [4.69, 9.17) is 42.4 Å². The topological polar surface area (TPSA) is 146 Å². The van der Waals surface area contributed by atoms with Crippen LogP contribution in [0.2, 0.25) is 10.0 Å². The van der Waals surface area contributed by atoms with E-state index in [1.165, 1.54) is 30.9 Å². The molecule has 0 bridgehead atoms. The highest BCUT2D eigenvalue weighted by atomic mass is 35.5. The van der Waals surface area contributed by atoms with E-state index >= 15 is 0 Å². The quantitative estimate of drug-likeness (QED) is 0.183. The van der Waals surface area contributed by atoms with Crippen LogP contribution < -0.4 is 31.0 Å². The minimum Gasteiger partial charge on any atom is -0.495 e. The van der Waals surface area contributed by atoms with Crippen molar-refractivity contribution in [3.8, 4) is 22.6 Å². The third-order valence-electron chi connectivity index (χ3n) is 7.61. The van der Waals surface area contributed by atoms with Gasteiger partial charge in [-0.05, 0) is 42.3 Å². The SMILES string of the molecule is C=CC(=O)Nc1ccc(CCn2c(=O)c(-c3c(Cl)c(OC)cc(OC)c3Cl)cc3cnc(N[C@@H]4COC[C@@H]4NC(=O)C=C)nc32)cc1. The third-order valence-corrected chi connectivity index (χ3v) is 8.36. The first-order valence-electron chi connectivity index (χ1n) is 14.5. The van der Waals surface area contributed by atoms with Crippen LogP contribution >= 0.6 is 23.2 Å². The van der Waals surface area contributed by atoms with E-state index in [0.717, 1.165) is 5.56 Å². The standard InChI is InChI=1S/C33H32Cl2N6O6/c1-5-26(42)37-20-9-7-18(8-10-20)11-12-41-31-19(15-36-33(40-31)39-23-17-47-16-22(23)38-27(43)6-2)13-21(32(41)44)28-29(34)24(45-3)14-25(46-4)30(28)35/h5-10,13-15,22-23H,1-2,11-12,16-17H2,3-4H3,(H,37,42)(H,38,43)(H,36,39,40)/t22-,23+/m0/s1. The van der Waals surface area contributed by atoms with Crippen LogP contribution in [-0.2, 0) is 27.3 Å². The van der Waals surface area contributed by atoms with Crippen molar-refractivity contribution in [2.45, 2.75) is 25.0 Å². The van der Waals surface area contributed by atoms with Crippen LogP contribution in [0.25, 0.3) is 22.2 Å². The zero-order chi connectivity index (χ0) is 33.7. The smallest absolute Gasteiger partial charge is 0.260 e. The van der Waals surface area contributed by atoms with Gasteiger partial charge in [-0.25, -0.2) is 4.98 Å². The van der Waals surface area contributed by atoms with E-state index in [9.17, 15) is 14.4 Å². The van der Waals surface area contributed by atoms with Crippen molar-refractivity contribution in [3.05, 3.63) is 93.9 Å². The minimum atomic E-state index is -0.406. The Kier molecular flexibility index (Phi) is 10.4. The number of nitrogens with one attached hydrogen (secondary N) is 3. The molecule has 0 radical (unpaired) electrons. The molecule has 3 heterocycles. The number of anilines is 2. The number of carbonyl (C=O) groups is 2. The zero-order valence-corrected chi connectivity index (χ0v) is 27.2. The molecule has 0 spiro atoms. The van der Waals surface area contributed by atoms with Crippen molar-refractivity contribution >= 4 is 57.7 Å². The second kappa shape index (κ2) is 14.7. The lowest BCUT2D eigenvalue weighted by Crippen LogP contribution is -2.45. The molecule has 1 aliphatic heterocycles. The van der Waals surface area contributed by atoms with Crippen LogP contribution in [0.3, 0.4) is 0 Å². The summed E-state index contributed by atoms with van der Waals surface area (Å²) in [7, 11) is 2.91. The average Bonchev–Trinajstić information content (AvgIpc) is 3.51. The number of aryl methyl sites for hydroxylation is 2. The average molecular weight is 680 g/mol. The highest BCUT2D eigenvalue weighted by molar-refractivity contribution is 6.41. The van der Waals surface area contributed by atoms with Crippen molar-refractivity contribution in [1.82, 2.24) is 19.9 Å². The van der Waals surface area contributed by atoms with Crippen LogP contribution in [0.5, 0.6) is 11.5 Å². The fraction of sp³-hybridized carbons (Fsp3) is 0.242. The highest BCUT2D eigenvalue weighted by Crippen LogP contribution is 2.45. The molecule has 12 nitrogen and oxygen atoms in total. The molecule has 4 aromatic rings. The van der Waals surface area contributed by atoms with Gasteiger partial charge in [0.15, 0.2) is 0 Å². The number of halogens is 2. The Bertz CT molecular complexity index is 1880. The van der Waals surface area contributed by atoms with Crippen molar-refractivity contribution in [2.24, 2.45) is 0 Å². The summed E-state index contributed by atoms with van der Waals surface area (Å²) in [6.07, 6.45) is 4.42. The molecule has 1 fully saturated rings. The second-order valence-corrected chi connectivity index (χ2v) is 11.3. The number of ether oxygens (including phenoxy) is 3. The molecule has 1 aliphatic rings. The van der Waals surface area contributed by atoms with E-state index < -0.39 is 5.56 Å². The number of hydrogen-bond acceptors (Lipinski definition) is 9. The Balaban J connectivity index is 1.58. The van der Waals surface area contributed by atoms with Gasteiger partial charge in [0.05, 0.1) is 55.1 Å². The number of carbonyl (C=O) groups excluding carboxylic acids is 2. The lowest BCUT2D eigenvalue weighted by Gasteiger charge is -2.20. The van der Waals surface area contributed by atoms with Gasteiger partial charge >= 0.3 is 0 Å². The van der Waals surface area contributed by atoms with Crippen molar-refractivity contribution in [3.63, 3.8) is 0 Å². The van der Waals surface area contributed by atoms with Crippen molar-refractivity contribution < 1.29 is 23.8 Å². The lowest BCUT2D eigenvalue weighted by atomic mass is 10.0. The first-order valence-corrected chi connectivity index (χ1v) is 15.2. The molecule has 244 valence electrons. The molecule has 2 amide bonds. The van der Waals surface area contributed by atoms with Gasteiger partial charge in [0.25, 0.3) is 5.56 Å².